The van der Waals surface area contributed by atoms with Crippen LogP contribution >= 0.6 is 22.9 Å². The number of thiazole rings is 1. The maximum atomic E-state index is 13.2. The topological polar surface area (TPSA) is 79.8 Å². The van der Waals surface area contributed by atoms with Crippen molar-refractivity contribution in [2.24, 2.45) is 0 Å². The molecule has 174 valence electrons. The van der Waals surface area contributed by atoms with Crippen molar-refractivity contribution >= 4 is 60.1 Å². The highest BCUT2D eigenvalue weighted by Gasteiger charge is 2.21. The van der Waals surface area contributed by atoms with Crippen LogP contribution in [0.5, 0.6) is 0 Å². The van der Waals surface area contributed by atoms with Crippen LogP contribution < -0.4 is 4.90 Å². The summed E-state index contributed by atoms with van der Waals surface area (Å²) >= 11 is 7.52. The minimum atomic E-state index is -3.33. The van der Waals surface area contributed by atoms with E-state index in [0.29, 0.717) is 46.7 Å². The van der Waals surface area contributed by atoms with E-state index in [1.54, 1.807) is 35.2 Å². The smallest absolute Gasteiger partial charge is 0.252 e. The first-order valence-corrected chi connectivity index (χ1v) is 13.5. The van der Waals surface area contributed by atoms with Crippen LogP contribution in [0.2, 0.25) is 5.02 Å². The summed E-state index contributed by atoms with van der Waals surface area (Å²) < 4.78 is 30.0. The molecule has 0 aliphatic carbocycles. The van der Waals surface area contributed by atoms with Crippen LogP contribution in [0.1, 0.15) is 5.56 Å². The number of sulfone groups is 1. The molecule has 1 fully saturated rings. The number of carbonyl (C=O) groups is 1. The molecular weight excluding hydrogens is 482 g/mol. The molecular formula is C23H24ClN3O4S2. The van der Waals surface area contributed by atoms with Gasteiger partial charge in [-0.25, -0.2) is 13.4 Å². The van der Waals surface area contributed by atoms with Gasteiger partial charge >= 0.3 is 0 Å². The molecule has 1 aliphatic heterocycles. The van der Waals surface area contributed by atoms with E-state index < -0.39 is 9.84 Å². The highest BCUT2D eigenvalue weighted by Crippen LogP contribution is 2.31. The summed E-state index contributed by atoms with van der Waals surface area (Å²) in [5, 5.41) is 1.09. The van der Waals surface area contributed by atoms with Crippen LogP contribution in [0.25, 0.3) is 16.3 Å². The lowest BCUT2D eigenvalue weighted by molar-refractivity contribution is -0.114. The number of fused-ring (bicyclic) bond motifs is 1. The zero-order valence-corrected chi connectivity index (χ0v) is 20.5. The van der Waals surface area contributed by atoms with Gasteiger partial charge in [0.15, 0.2) is 15.0 Å². The van der Waals surface area contributed by atoms with Crippen molar-refractivity contribution in [2.75, 3.05) is 50.5 Å². The van der Waals surface area contributed by atoms with E-state index in [4.69, 9.17) is 16.3 Å². The lowest BCUT2D eigenvalue weighted by Gasteiger charge is -2.28. The number of hydrogen-bond donors (Lipinski definition) is 0. The minimum Gasteiger partial charge on any atom is -0.379 e. The van der Waals surface area contributed by atoms with E-state index in [-0.39, 0.29) is 10.8 Å². The fraction of sp³-hybridized carbons (Fsp3) is 0.304. The van der Waals surface area contributed by atoms with Crippen molar-refractivity contribution in [1.29, 1.82) is 0 Å². The molecule has 2 heterocycles. The first-order chi connectivity index (χ1) is 15.8. The van der Waals surface area contributed by atoms with E-state index in [1.807, 2.05) is 18.2 Å². The summed E-state index contributed by atoms with van der Waals surface area (Å²) in [7, 11) is -3.33. The molecule has 0 saturated carbocycles. The maximum absolute atomic E-state index is 13.2. The van der Waals surface area contributed by atoms with Gasteiger partial charge in [0.05, 0.1) is 28.3 Å². The first kappa shape index (κ1) is 23.8. The Labute approximate surface area is 202 Å². The Morgan fingerprint density at radius 2 is 2.00 bits per heavy atom. The second kappa shape index (κ2) is 10.3. The zero-order chi connectivity index (χ0) is 23.4. The molecule has 10 heteroatoms. The summed E-state index contributed by atoms with van der Waals surface area (Å²) in [5.41, 5.74) is 1.41. The fourth-order valence-electron chi connectivity index (χ4n) is 3.47. The van der Waals surface area contributed by atoms with E-state index >= 15 is 0 Å². The quantitative estimate of drug-likeness (QED) is 0.455. The second-order valence-corrected chi connectivity index (χ2v) is 11.1. The lowest BCUT2D eigenvalue weighted by Crippen LogP contribution is -2.42. The predicted octanol–water partition coefficient (Wildman–Crippen LogP) is 3.73. The Kier molecular flexibility index (Phi) is 7.45. The van der Waals surface area contributed by atoms with Gasteiger partial charge in [-0.3, -0.25) is 14.6 Å². The van der Waals surface area contributed by atoms with Crippen LogP contribution in [0, 0.1) is 0 Å². The van der Waals surface area contributed by atoms with Gasteiger partial charge in [0.25, 0.3) is 5.91 Å². The number of morpholine rings is 1. The van der Waals surface area contributed by atoms with Crippen LogP contribution in [0.15, 0.2) is 53.4 Å². The number of benzene rings is 2. The summed E-state index contributed by atoms with van der Waals surface area (Å²) in [6, 6.07) is 12.1. The monoisotopic (exact) mass is 505 g/mol. The molecule has 1 amide bonds. The largest absolute Gasteiger partial charge is 0.379 e. The van der Waals surface area contributed by atoms with E-state index in [2.05, 4.69) is 9.88 Å². The Balaban J connectivity index is 1.62. The van der Waals surface area contributed by atoms with Gasteiger partial charge in [0, 0.05) is 43.5 Å². The molecule has 0 radical (unpaired) electrons. The van der Waals surface area contributed by atoms with Crippen molar-refractivity contribution in [3.8, 4) is 0 Å². The number of amides is 1. The van der Waals surface area contributed by atoms with E-state index in [9.17, 15) is 13.2 Å². The molecule has 1 saturated heterocycles. The molecule has 0 unspecified atom stereocenters. The van der Waals surface area contributed by atoms with Crippen LogP contribution in [0.3, 0.4) is 0 Å². The molecule has 0 spiro atoms. The molecule has 3 aromatic rings. The minimum absolute atomic E-state index is 0.217. The Hall–Kier alpha value is -2.30. The number of carbonyl (C=O) groups excluding carboxylic acids is 1. The van der Waals surface area contributed by atoms with Crippen molar-refractivity contribution in [1.82, 2.24) is 9.88 Å². The van der Waals surface area contributed by atoms with Gasteiger partial charge in [-0.1, -0.05) is 41.1 Å². The number of anilines is 1. The average Bonchev–Trinajstić information content (AvgIpc) is 3.22. The normalized spacial score (nSPS) is 15.3. The van der Waals surface area contributed by atoms with Gasteiger partial charge in [0.2, 0.25) is 0 Å². The number of aromatic nitrogens is 1. The Morgan fingerprint density at radius 1 is 1.24 bits per heavy atom. The third kappa shape index (κ3) is 5.99. The molecule has 1 aromatic heterocycles. The Morgan fingerprint density at radius 3 is 2.73 bits per heavy atom. The first-order valence-electron chi connectivity index (χ1n) is 10.5. The highest BCUT2D eigenvalue weighted by molar-refractivity contribution is 7.90. The van der Waals surface area contributed by atoms with Gasteiger partial charge in [-0.2, -0.15) is 0 Å². The summed E-state index contributed by atoms with van der Waals surface area (Å²) in [6.07, 6.45) is 4.36. The number of rotatable bonds is 7. The van der Waals surface area contributed by atoms with Crippen molar-refractivity contribution < 1.29 is 17.9 Å². The van der Waals surface area contributed by atoms with Gasteiger partial charge in [-0.15, -0.1) is 0 Å². The van der Waals surface area contributed by atoms with Crippen LogP contribution in [-0.2, 0) is 19.4 Å². The van der Waals surface area contributed by atoms with Gasteiger partial charge < -0.3 is 4.74 Å². The molecule has 0 atom stereocenters. The zero-order valence-electron chi connectivity index (χ0n) is 18.1. The fourth-order valence-corrected chi connectivity index (χ4v) is 5.42. The highest BCUT2D eigenvalue weighted by atomic mass is 35.5. The Bertz CT molecular complexity index is 1280. The lowest BCUT2D eigenvalue weighted by atomic mass is 10.2. The maximum Gasteiger partial charge on any atom is 0.252 e. The van der Waals surface area contributed by atoms with Crippen molar-refractivity contribution in [3.05, 3.63) is 59.1 Å². The van der Waals surface area contributed by atoms with Gasteiger partial charge in [0.1, 0.15) is 0 Å². The summed E-state index contributed by atoms with van der Waals surface area (Å²) in [4.78, 5) is 22.0. The third-order valence-electron chi connectivity index (χ3n) is 5.33. The standard InChI is InChI=1S/C23H24ClN3O4S2/c1-33(29,30)18-7-8-20-21(16-18)32-23(25-20)27(11-10-26-12-14-31-15-13-26)22(28)9-6-17-4-2-3-5-19(17)24/h2-9,16H,10-15H2,1H3/b9-6+. The molecule has 0 bridgehead atoms. The molecule has 4 rings (SSSR count). The van der Waals surface area contributed by atoms with Crippen LogP contribution in [-0.4, -0.2) is 69.9 Å². The predicted molar refractivity (Wildman–Crippen MR) is 133 cm³/mol. The van der Waals surface area contributed by atoms with E-state index in [0.717, 1.165) is 18.7 Å². The summed E-state index contributed by atoms with van der Waals surface area (Å²) in [5.74, 6) is -0.217. The number of nitrogens with zero attached hydrogens (tertiary/aromatic N) is 3. The van der Waals surface area contributed by atoms with E-state index in [1.165, 1.54) is 23.7 Å². The second-order valence-electron chi connectivity index (χ2n) is 7.70. The molecule has 7 nitrogen and oxygen atoms in total. The van der Waals surface area contributed by atoms with Crippen molar-refractivity contribution in [3.63, 3.8) is 0 Å². The van der Waals surface area contributed by atoms with Crippen LogP contribution in [0.4, 0.5) is 5.13 Å². The number of halogens is 1. The molecule has 0 N–H and O–H groups in total. The number of ether oxygens (including phenoxy) is 1. The average molecular weight is 506 g/mol. The molecule has 2 aromatic carbocycles. The summed E-state index contributed by atoms with van der Waals surface area (Å²) in [6.45, 7) is 4.11. The third-order valence-corrected chi connectivity index (χ3v) is 7.82. The SMILES string of the molecule is CS(=O)(=O)c1ccc2nc(N(CCN3CCOCC3)C(=O)/C=C/c3ccccc3Cl)sc2c1. The van der Waals surface area contributed by atoms with Gasteiger partial charge in [-0.05, 0) is 35.9 Å². The molecule has 33 heavy (non-hydrogen) atoms. The molecule has 1 aliphatic rings. The number of hydrogen-bond acceptors (Lipinski definition) is 7. The van der Waals surface area contributed by atoms with Crippen molar-refractivity contribution in [2.45, 2.75) is 4.90 Å².